The van der Waals surface area contributed by atoms with Crippen LogP contribution in [0.15, 0.2) is 42.5 Å². The molecule has 4 rings (SSSR count). The van der Waals surface area contributed by atoms with Crippen molar-refractivity contribution in [3.63, 3.8) is 0 Å². The van der Waals surface area contributed by atoms with Gasteiger partial charge in [-0.2, -0.15) is 0 Å². The minimum absolute atomic E-state index is 0.764. The number of benzene rings is 1. The van der Waals surface area contributed by atoms with Crippen LogP contribution < -0.4 is 0 Å². The number of halogens is 1. The zero-order chi connectivity index (χ0) is 15.3. The zero-order valence-electron chi connectivity index (χ0n) is 12.4. The van der Waals surface area contributed by atoms with Crippen LogP contribution in [0.3, 0.4) is 0 Å². The van der Waals surface area contributed by atoms with E-state index in [-0.39, 0.29) is 0 Å². The summed E-state index contributed by atoms with van der Waals surface area (Å²) < 4.78 is 4.40. The van der Waals surface area contributed by atoms with E-state index in [0.29, 0.717) is 0 Å². The van der Waals surface area contributed by atoms with E-state index in [0.717, 1.165) is 28.6 Å². The number of aromatic nitrogens is 4. The molecule has 0 fully saturated rings. The molecular weight excluding hydrogens is 296 g/mol. The van der Waals surface area contributed by atoms with E-state index in [9.17, 15) is 0 Å². The van der Waals surface area contributed by atoms with Crippen molar-refractivity contribution < 1.29 is 0 Å². The van der Waals surface area contributed by atoms with Gasteiger partial charge in [-0.25, -0.2) is 0 Å². The van der Waals surface area contributed by atoms with Gasteiger partial charge in [0.1, 0.15) is 5.82 Å². The number of hydrogen-bond acceptors (Lipinski definition) is 2. The van der Waals surface area contributed by atoms with E-state index in [1.807, 2.05) is 25.1 Å². The molecule has 1 aromatic carbocycles. The van der Waals surface area contributed by atoms with Crippen LogP contribution in [0.25, 0.3) is 16.7 Å². The molecule has 0 aliphatic rings. The minimum Gasteiger partial charge on any atom is -0.339 e. The third-order valence-corrected chi connectivity index (χ3v) is 4.31. The second-order valence-electron chi connectivity index (χ2n) is 5.54. The first-order valence-electron chi connectivity index (χ1n) is 7.18. The van der Waals surface area contributed by atoms with Crippen molar-refractivity contribution >= 4 is 28.3 Å². The average Bonchev–Trinajstić information content (AvgIpc) is 3.03. The Kier molecular flexibility index (Phi) is 2.94. The quantitative estimate of drug-likeness (QED) is 0.561. The van der Waals surface area contributed by atoms with Crippen molar-refractivity contribution in [1.82, 2.24) is 19.2 Å². The smallest absolute Gasteiger partial charge is 0.161 e. The Morgan fingerprint density at radius 3 is 2.50 bits per heavy atom. The van der Waals surface area contributed by atoms with Crippen LogP contribution in [0.2, 0.25) is 5.02 Å². The molecule has 22 heavy (non-hydrogen) atoms. The van der Waals surface area contributed by atoms with Gasteiger partial charge in [-0.3, -0.25) is 4.40 Å². The Morgan fingerprint density at radius 2 is 1.73 bits per heavy atom. The number of fused-ring (bicyclic) bond motifs is 3. The standard InChI is InChI=1S/C17H15ClN4/c1-11-9-16-15(7-8-17-20-19-12(2)22(16)17)21(11)10-13-3-5-14(18)6-4-13/h3-9H,10H2,1-2H3. The van der Waals surface area contributed by atoms with Crippen LogP contribution in [0.5, 0.6) is 0 Å². The molecule has 110 valence electrons. The summed E-state index contributed by atoms with van der Waals surface area (Å²) in [6, 6.07) is 14.3. The number of pyridine rings is 1. The average molecular weight is 311 g/mol. The maximum atomic E-state index is 5.97. The summed E-state index contributed by atoms with van der Waals surface area (Å²) in [5.74, 6) is 0.907. The van der Waals surface area contributed by atoms with Gasteiger partial charge in [-0.05, 0) is 49.7 Å². The third kappa shape index (κ3) is 1.99. The van der Waals surface area contributed by atoms with E-state index in [2.05, 4.69) is 50.4 Å². The molecule has 0 spiro atoms. The summed E-state index contributed by atoms with van der Waals surface area (Å²) in [5, 5.41) is 9.12. The van der Waals surface area contributed by atoms with Gasteiger partial charge in [0, 0.05) is 17.3 Å². The van der Waals surface area contributed by atoms with Gasteiger partial charge in [-0.1, -0.05) is 23.7 Å². The van der Waals surface area contributed by atoms with E-state index in [4.69, 9.17) is 11.6 Å². The largest absolute Gasteiger partial charge is 0.339 e. The molecule has 0 saturated heterocycles. The monoisotopic (exact) mass is 310 g/mol. The summed E-state index contributed by atoms with van der Waals surface area (Å²) in [7, 11) is 0. The highest BCUT2D eigenvalue weighted by atomic mass is 35.5. The molecule has 0 N–H and O–H groups in total. The first-order valence-corrected chi connectivity index (χ1v) is 7.56. The van der Waals surface area contributed by atoms with Crippen molar-refractivity contribution in [2.24, 2.45) is 0 Å². The maximum Gasteiger partial charge on any atom is 0.161 e. The van der Waals surface area contributed by atoms with E-state index >= 15 is 0 Å². The summed E-state index contributed by atoms with van der Waals surface area (Å²) >= 11 is 5.97. The molecule has 0 saturated carbocycles. The van der Waals surface area contributed by atoms with Crippen molar-refractivity contribution in [2.45, 2.75) is 20.4 Å². The first-order chi connectivity index (χ1) is 10.6. The highest BCUT2D eigenvalue weighted by Gasteiger charge is 2.11. The van der Waals surface area contributed by atoms with Gasteiger partial charge in [-0.15, -0.1) is 10.2 Å². The molecule has 0 aliphatic heterocycles. The van der Waals surface area contributed by atoms with Crippen LogP contribution in [-0.2, 0) is 6.54 Å². The highest BCUT2D eigenvalue weighted by Crippen LogP contribution is 2.23. The summed E-state index contributed by atoms with van der Waals surface area (Å²) in [6.45, 7) is 4.92. The fraction of sp³-hybridized carbons (Fsp3) is 0.176. The van der Waals surface area contributed by atoms with Crippen LogP contribution in [-0.4, -0.2) is 19.2 Å². The third-order valence-electron chi connectivity index (χ3n) is 4.06. The second kappa shape index (κ2) is 4.85. The topological polar surface area (TPSA) is 35.1 Å². The molecule has 0 unspecified atom stereocenters. The molecule has 0 bridgehead atoms. The van der Waals surface area contributed by atoms with Gasteiger partial charge in [0.2, 0.25) is 0 Å². The van der Waals surface area contributed by atoms with Crippen molar-refractivity contribution in [3.8, 4) is 0 Å². The van der Waals surface area contributed by atoms with E-state index in [1.165, 1.54) is 16.8 Å². The SMILES string of the molecule is Cc1cc2c(ccc3nnc(C)n32)n1Cc1ccc(Cl)cc1. The summed E-state index contributed by atoms with van der Waals surface area (Å²) in [6.07, 6.45) is 0. The number of aryl methyl sites for hydroxylation is 2. The van der Waals surface area contributed by atoms with Crippen LogP contribution in [0.1, 0.15) is 17.1 Å². The van der Waals surface area contributed by atoms with E-state index < -0.39 is 0 Å². The zero-order valence-corrected chi connectivity index (χ0v) is 13.2. The van der Waals surface area contributed by atoms with Crippen LogP contribution in [0, 0.1) is 13.8 Å². The molecular formula is C17H15ClN4. The predicted octanol–water partition coefficient (Wildman–Crippen LogP) is 4.00. The lowest BCUT2D eigenvalue weighted by Gasteiger charge is -2.09. The fourth-order valence-electron chi connectivity index (χ4n) is 2.95. The van der Waals surface area contributed by atoms with Crippen molar-refractivity contribution in [3.05, 3.63) is 64.6 Å². The molecule has 3 heterocycles. The Hall–Kier alpha value is -2.33. The van der Waals surface area contributed by atoms with Crippen molar-refractivity contribution in [1.29, 1.82) is 0 Å². The van der Waals surface area contributed by atoms with Gasteiger partial charge >= 0.3 is 0 Å². The van der Waals surface area contributed by atoms with Gasteiger partial charge in [0.15, 0.2) is 5.65 Å². The first kappa shape index (κ1) is 13.3. The molecule has 0 atom stereocenters. The minimum atomic E-state index is 0.764. The Labute approximate surface area is 133 Å². The number of nitrogens with zero attached hydrogens (tertiary/aromatic N) is 4. The molecule has 3 aromatic heterocycles. The summed E-state index contributed by atoms with van der Waals surface area (Å²) in [4.78, 5) is 0. The molecule has 4 nitrogen and oxygen atoms in total. The van der Waals surface area contributed by atoms with E-state index in [1.54, 1.807) is 0 Å². The Morgan fingerprint density at radius 1 is 0.955 bits per heavy atom. The molecule has 4 aromatic rings. The van der Waals surface area contributed by atoms with Gasteiger partial charge in [0.05, 0.1) is 11.0 Å². The molecule has 0 radical (unpaired) electrons. The lowest BCUT2D eigenvalue weighted by molar-refractivity contribution is 0.804. The second-order valence-corrected chi connectivity index (χ2v) is 5.98. The normalized spacial score (nSPS) is 11.6. The highest BCUT2D eigenvalue weighted by molar-refractivity contribution is 6.30. The molecule has 0 amide bonds. The lowest BCUT2D eigenvalue weighted by atomic mass is 10.2. The van der Waals surface area contributed by atoms with Crippen molar-refractivity contribution in [2.75, 3.05) is 0 Å². The van der Waals surface area contributed by atoms with Crippen LogP contribution in [0.4, 0.5) is 0 Å². The summed E-state index contributed by atoms with van der Waals surface area (Å²) in [5.41, 5.74) is 5.65. The number of hydrogen-bond donors (Lipinski definition) is 0. The van der Waals surface area contributed by atoms with Crippen LogP contribution >= 0.6 is 11.6 Å². The Bertz CT molecular complexity index is 979. The van der Waals surface area contributed by atoms with Gasteiger partial charge < -0.3 is 4.57 Å². The fourth-order valence-corrected chi connectivity index (χ4v) is 3.08. The predicted molar refractivity (Wildman–Crippen MR) is 88.5 cm³/mol. The maximum absolute atomic E-state index is 5.97. The Balaban J connectivity index is 1.90. The lowest BCUT2D eigenvalue weighted by Crippen LogP contribution is -2.01. The van der Waals surface area contributed by atoms with Gasteiger partial charge in [0.25, 0.3) is 0 Å². The molecule has 5 heteroatoms. The number of rotatable bonds is 2. The molecule has 0 aliphatic carbocycles.